The number of ether oxygens (including phenoxy) is 2. The third-order valence-corrected chi connectivity index (χ3v) is 9.09. The summed E-state index contributed by atoms with van der Waals surface area (Å²) in [6.45, 7) is 6.99. The first-order valence-electron chi connectivity index (χ1n) is 14.9. The van der Waals surface area contributed by atoms with E-state index in [1.165, 1.54) is 6.07 Å². The number of benzene rings is 1. The highest BCUT2D eigenvalue weighted by atomic mass is 19.1. The number of pyridine rings is 2. The quantitative estimate of drug-likeness (QED) is 0.206. The van der Waals surface area contributed by atoms with E-state index in [0.717, 1.165) is 22.1 Å². The zero-order valence-corrected chi connectivity index (χ0v) is 25.5. The Bertz CT molecular complexity index is 1800. The van der Waals surface area contributed by atoms with Gasteiger partial charge in [-0.1, -0.05) is 6.92 Å². The summed E-state index contributed by atoms with van der Waals surface area (Å²) in [5.74, 6) is -1.92. The number of esters is 1. The predicted octanol–water partition coefficient (Wildman–Crippen LogP) is 2.61. The third-order valence-electron chi connectivity index (χ3n) is 9.09. The summed E-state index contributed by atoms with van der Waals surface area (Å²) < 4.78 is 27.9. The summed E-state index contributed by atoms with van der Waals surface area (Å²) in [5, 5.41) is 9.29. The zero-order chi connectivity index (χ0) is 31.5. The number of halogens is 1. The van der Waals surface area contributed by atoms with E-state index in [9.17, 15) is 19.2 Å². The van der Waals surface area contributed by atoms with Crippen molar-refractivity contribution in [1.29, 1.82) is 0 Å². The van der Waals surface area contributed by atoms with Gasteiger partial charge in [-0.25, -0.2) is 9.37 Å². The van der Waals surface area contributed by atoms with Crippen LogP contribution in [0.25, 0.3) is 22.3 Å². The highest BCUT2D eigenvalue weighted by Gasteiger charge is 2.39. The van der Waals surface area contributed by atoms with Crippen LogP contribution in [0.5, 0.6) is 0 Å². The molecule has 3 N–H and O–H groups in total. The molecule has 11 nitrogen and oxygen atoms in total. The Labute approximate surface area is 253 Å². The number of carbonyl (C=O) groups excluding carboxylic acids is 3. The number of hydrogen-bond acceptors (Lipinski definition) is 8. The van der Waals surface area contributed by atoms with Gasteiger partial charge in [0.15, 0.2) is 0 Å². The van der Waals surface area contributed by atoms with Crippen LogP contribution in [0.2, 0.25) is 0 Å². The van der Waals surface area contributed by atoms with Crippen LogP contribution in [0, 0.1) is 12.7 Å². The van der Waals surface area contributed by atoms with Crippen molar-refractivity contribution in [1.82, 2.24) is 25.5 Å². The van der Waals surface area contributed by atoms with Crippen LogP contribution < -0.4 is 21.5 Å². The molecule has 4 heterocycles. The summed E-state index contributed by atoms with van der Waals surface area (Å²) in [5.41, 5.74) is 4.10. The molecule has 0 spiro atoms. The topological polar surface area (TPSA) is 141 Å². The van der Waals surface area contributed by atoms with Crippen LogP contribution >= 0.6 is 0 Å². The SMILES string of the molecule is CCC1C(=O)OCc2c1cc1n(c2=O)Cc2c-1nc1cc(F)c(C)c3c1c2C(NC(=O)C(C)(C)OCNC(=O)CNC)CC3. The summed E-state index contributed by atoms with van der Waals surface area (Å²) in [7, 11) is 1.66. The number of rotatable bonds is 8. The van der Waals surface area contributed by atoms with E-state index < -0.39 is 17.6 Å². The molecule has 2 amide bonds. The molecule has 0 fully saturated rings. The van der Waals surface area contributed by atoms with Crippen molar-refractivity contribution < 1.29 is 28.2 Å². The van der Waals surface area contributed by atoms with Gasteiger partial charge in [-0.15, -0.1) is 0 Å². The van der Waals surface area contributed by atoms with Crippen molar-refractivity contribution in [2.45, 2.75) is 77.7 Å². The molecule has 2 aliphatic heterocycles. The standard InChI is InChI=1S/C32H36FN5O6/c1-6-16-18-9-24-28-19(12-38(24)29(40)20(18)13-43-30(16)41)27-22(8-7-17-15(2)21(33)10-23(36-28)26(17)27)37-31(42)32(3,4)44-14-35-25(39)11-34-5/h9-10,16,22,34H,6-8,11-14H2,1-5H3,(H,35,39)(H,37,42). The number of carbonyl (C=O) groups is 3. The number of aromatic nitrogens is 2. The Kier molecular flexibility index (Phi) is 7.53. The summed E-state index contributed by atoms with van der Waals surface area (Å²) in [6.07, 6.45) is 1.52. The zero-order valence-electron chi connectivity index (χ0n) is 25.5. The van der Waals surface area contributed by atoms with Gasteiger partial charge in [0.2, 0.25) is 5.91 Å². The number of aryl methyl sites for hydroxylation is 1. The number of fused-ring (bicyclic) bond motifs is 5. The van der Waals surface area contributed by atoms with Crippen LogP contribution in [0.1, 0.15) is 79.0 Å². The second-order valence-electron chi connectivity index (χ2n) is 12.1. The number of cyclic esters (lactones) is 1. The van der Waals surface area contributed by atoms with Gasteiger partial charge in [0.25, 0.3) is 11.5 Å². The summed E-state index contributed by atoms with van der Waals surface area (Å²) in [4.78, 5) is 56.6. The molecule has 2 atom stereocenters. The largest absolute Gasteiger partial charge is 0.460 e. The summed E-state index contributed by atoms with van der Waals surface area (Å²) >= 11 is 0. The van der Waals surface area contributed by atoms with Crippen molar-refractivity contribution >= 4 is 28.7 Å². The molecular formula is C32H36FN5O6. The van der Waals surface area contributed by atoms with E-state index in [1.54, 1.807) is 32.4 Å². The Morgan fingerprint density at radius 2 is 1.98 bits per heavy atom. The lowest BCUT2D eigenvalue weighted by Crippen LogP contribution is -2.48. The maximum Gasteiger partial charge on any atom is 0.313 e. The molecule has 232 valence electrons. The van der Waals surface area contributed by atoms with E-state index in [-0.39, 0.29) is 55.6 Å². The van der Waals surface area contributed by atoms with Crippen LogP contribution in [-0.2, 0) is 43.4 Å². The van der Waals surface area contributed by atoms with E-state index in [2.05, 4.69) is 16.0 Å². The smallest absolute Gasteiger partial charge is 0.313 e. The molecule has 0 bridgehead atoms. The van der Waals surface area contributed by atoms with E-state index in [4.69, 9.17) is 14.5 Å². The minimum absolute atomic E-state index is 0.0832. The molecule has 2 unspecified atom stereocenters. The van der Waals surface area contributed by atoms with E-state index in [0.29, 0.717) is 52.9 Å². The maximum absolute atomic E-state index is 15.1. The fourth-order valence-electron chi connectivity index (χ4n) is 6.64. The van der Waals surface area contributed by atoms with Crippen molar-refractivity contribution in [3.63, 3.8) is 0 Å². The van der Waals surface area contributed by atoms with Crippen molar-refractivity contribution in [3.8, 4) is 11.4 Å². The first kappa shape index (κ1) is 29.9. The van der Waals surface area contributed by atoms with Crippen LogP contribution in [0.3, 0.4) is 0 Å². The lowest BCUT2D eigenvalue weighted by molar-refractivity contribution is -0.148. The average molecular weight is 606 g/mol. The fourth-order valence-corrected chi connectivity index (χ4v) is 6.64. The highest BCUT2D eigenvalue weighted by molar-refractivity contribution is 5.94. The molecule has 12 heteroatoms. The Morgan fingerprint density at radius 3 is 2.70 bits per heavy atom. The molecule has 0 radical (unpaired) electrons. The van der Waals surface area contributed by atoms with Crippen molar-refractivity contribution in [2.75, 3.05) is 20.3 Å². The molecule has 3 aliphatic rings. The van der Waals surface area contributed by atoms with Crippen molar-refractivity contribution in [2.24, 2.45) is 0 Å². The number of nitrogens with zero attached hydrogens (tertiary/aromatic N) is 2. The molecule has 6 rings (SSSR count). The number of nitrogens with one attached hydrogen (secondary N) is 3. The lowest BCUT2D eigenvalue weighted by atomic mass is 9.81. The van der Waals surface area contributed by atoms with Crippen LogP contribution in [-0.4, -0.2) is 53.3 Å². The Balaban J connectivity index is 1.43. The molecule has 0 saturated heterocycles. The molecule has 44 heavy (non-hydrogen) atoms. The van der Waals surface area contributed by atoms with Crippen LogP contribution in [0.4, 0.5) is 4.39 Å². The first-order valence-corrected chi connectivity index (χ1v) is 14.9. The lowest BCUT2D eigenvalue weighted by Gasteiger charge is -2.32. The van der Waals surface area contributed by atoms with Crippen molar-refractivity contribution in [3.05, 3.63) is 61.7 Å². The number of likely N-dealkylation sites (N-methyl/N-ethyl adjacent to an activating group) is 1. The summed E-state index contributed by atoms with van der Waals surface area (Å²) in [6, 6.07) is 2.80. The molecule has 3 aromatic rings. The van der Waals surface area contributed by atoms with Gasteiger partial charge in [0.1, 0.15) is 24.8 Å². The molecule has 1 aromatic carbocycles. The maximum atomic E-state index is 15.1. The second kappa shape index (κ2) is 11.1. The molecule has 1 aliphatic carbocycles. The van der Waals surface area contributed by atoms with Gasteiger partial charge >= 0.3 is 5.97 Å². The third kappa shape index (κ3) is 4.76. The van der Waals surface area contributed by atoms with Gasteiger partial charge < -0.3 is 30.0 Å². The molecule has 2 aromatic heterocycles. The number of amides is 2. The minimum atomic E-state index is -1.28. The average Bonchev–Trinajstić information content (AvgIpc) is 3.35. The van der Waals surface area contributed by atoms with Gasteiger partial charge in [0.05, 0.1) is 47.5 Å². The molecule has 0 saturated carbocycles. The van der Waals surface area contributed by atoms with Gasteiger partial charge in [-0.05, 0) is 75.4 Å². The fraction of sp³-hybridized carbons (Fsp3) is 0.469. The molecular weight excluding hydrogens is 569 g/mol. The van der Waals surface area contributed by atoms with Gasteiger partial charge in [0, 0.05) is 17.0 Å². The first-order chi connectivity index (χ1) is 21.0. The second-order valence-corrected chi connectivity index (χ2v) is 12.1. The van der Waals surface area contributed by atoms with Crippen LogP contribution in [0.15, 0.2) is 16.9 Å². The number of hydrogen-bond donors (Lipinski definition) is 3. The Morgan fingerprint density at radius 1 is 1.20 bits per heavy atom. The predicted molar refractivity (Wildman–Crippen MR) is 159 cm³/mol. The normalized spacial score (nSPS) is 18.4. The monoisotopic (exact) mass is 605 g/mol. The van der Waals surface area contributed by atoms with E-state index in [1.807, 2.05) is 13.0 Å². The highest BCUT2D eigenvalue weighted by Crippen LogP contribution is 2.45. The van der Waals surface area contributed by atoms with Gasteiger partial charge in [-0.3, -0.25) is 19.2 Å². The Hall–Kier alpha value is -4.16. The van der Waals surface area contributed by atoms with E-state index >= 15 is 4.39 Å². The minimum Gasteiger partial charge on any atom is -0.460 e. The van der Waals surface area contributed by atoms with Gasteiger partial charge in [-0.2, -0.15) is 0 Å².